The van der Waals surface area contributed by atoms with E-state index in [1.807, 2.05) is 6.07 Å². The zero-order valence-electron chi connectivity index (χ0n) is 5.75. The van der Waals surface area contributed by atoms with Crippen LogP contribution in [-0.4, -0.2) is 13.2 Å². The Balaban J connectivity index is 2.21. The molecular weight excluding hydrogens is 259 g/mol. The molecule has 0 aliphatic carbocycles. The Morgan fingerprint density at radius 2 is 2.09 bits per heavy atom. The summed E-state index contributed by atoms with van der Waals surface area (Å²) in [6, 6.07) is 1.89. The molecule has 60 valence electrons. The molecule has 0 saturated carbocycles. The third-order valence-corrected chi connectivity index (χ3v) is 2.37. The van der Waals surface area contributed by atoms with E-state index in [9.17, 15) is 0 Å². The summed E-state index contributed by atoms with van der Waals surface area (Å²) < 4.78 is 16.8. The lowest BCUT2D eigenvalue weighted by Gasteiger charge is -2.04. The number of hydrogen-bond acceptors (Lipinski definition) is 3. The summed E-state index contributed by atoms with van der Waals surface area (Å²) in [5, 5.41) is 0. The van der Waals surface area contributed by atoms with Crippen molar-refractivity contribution in [2.45, 2.75) is 6.29 Å². The molecular formula is C7H7IO3. The van der Waals surface area contributed by atoms with Crippen LogP contribution in [0.1, 0.15) is 12.1 Å². The first-order chi connectivity index (χ1) is 5.38. The monoisotopic (exact) mass is 266 g/mol. The summed E-state index contributed by atoms with van der Waals surface area (Å²) in [7, 11) is 0. The van der Waals surface area contributed by atoms with Crippen LogP contribution in [0.3, 0.4) is 0 Å². The standard InChI is InChI=1S/C7H7IO3/c8-5-1-2-9-6(5)7-10-3-4-11-7/h1-2,7H,3-4H2. The van der Waals surface area contributed by atoms with Crippen molar-refractivity contribution in [3.63, 3.8) is 0 Å². The normalized spacial score (nSPS) is 19.4. The second kappa shape index (κ2) is 3.12. The highest BCUT2D eigenvalue weighted by Crippen LogP contribution is 2.27. The summed E-state index contributed by atoms with van der Waals surface area (Å²) in [5.74, 6) is 0.781. The van der Waals surface area contributed by atoms with Crippen molar-refractivity contribution >= 4 is 22.6 Å². The zero-order chi connectivity index (χ0) is 7.68. The molecule has 0 spiro atoms. The van der Waals surface area contributed by atoms with E-state index < -0.39 is 0 Å². The first-order valence-electron chi connectivity index (χ1n) is 3.34. The number of ether oxygens (including phenoxy) is 2. The quantitative estimate of drug-likeness (QED) is 0.728. The van der Waals surface area contributed by atoms with E-state index >= 15 is 0 Å². The zero-order valence-corrected chi connectivity index (χ0v) is 7.91. The average molecular weight is 266 g/mol. The second-order valence-electron chi connectivity index (χ2n) is 2.21. The predicted molar refractivity (Wildman–Crippen MR) is 46.1 cm³/mol. The maximum absolute atomic E-state index is 5.26. The van der Waals surface area contributed by atoms with Crippen molar-refractivity contribution in [2.75, 3.05) is 13.2 Å². The van der Waals surface area contributed by atoms with Gasteiger partial charge in [-0.2, -0.15) is 0 Å². The fourth-order valence-electron chi connectivity index (χ4n) is 0.983. The maximum Gasteiger partial charge on any atom is 0.218 e. The van der Waals surface area contributed by atoms with E-state index in [4.69, 9.17) is 13.9 Å². The molecule has 4 heteroatoms. The predicted octanol–water partition coefficient (Wildman–Crippen LogP) is 1.93. The van der Waals surface area contributed by atoms with Crippen LogP contribution in [0.4, 0.5) is 0 Å². The van der Waals surface area contributed by atoms with Gasteiger partial charge in [-0.25, -0.2) is 0 Å². The summed E-state index contributed by atoms with van der Waals surface area (Å²) in [4.78, 5) is 0. The minimum absolute atomic E-state index is 0.281. The van der Waals surface area contributed by atoms with Gasteiger partial charge in [0.05, 0.1) is 23.0 Å². The minimum atomic E-state index is -0.281. The van der Waals surface area contributed by atoms with E-state index in [0.717, 1.165) is 9.33 Å². The molecule has 0 amide bonds. The Bertz CT molecular complexity index is 240. The fraction of sp³-hybridized carbons (Fsp3) is 0.429. The second-order valence-corrected chi connectivity index (χ2v) is 3.37. The van der Waals surface area contributed by atoms with E-state index in [2.05, 4.69) is 22.6 Å². The third kappa shape index (κ3) is 1.43. The Morgan fingerprint density at radius 3 is 2.64 bits per heavy atom. The summed E-state index contributed by atoms with van der Waals surface area (Å²) in [6.45, 7) is 1.31. The fourth-order valence-corrected chi connectivity index (χ4v) is 1.51. The molecule has 0 aromatic carbocycles. The molecule has 1 fully saturated rings. The largest absolute Gasteiger partial charge is 0.463 e. The van der Waals surface area contributed by atoms with Gasteiger partial charge in [0.25, 0.3) is 0 Å². The van der Waals surface area contributed by atoms with Gasteiger partial charge in [-0.3, -0.25) is 0 Å². The molecule has 2 rings (SSSR count). The minimum Gasteiger partial charge on any atom is -0.463 e. The van der Waals surface area contributed by atoms with Crippen LogP contribution in [0.15, 0.2) is 16.7 Å². The molecule has 11 heavy (non-hydrogen) atoms. The Hall–Kier alpha value is -0.0700. The van der Waals surface area contributed by atoms with Gasteiger partial charge in [0.1, 0.15) is 0 Å². The van der Waals surface area contributed by atoms with Gasteiger partial charge in [0, 0.05) is 0 Å². The van der Waals surface area contributed by atoms with Crippen molar-refractivity contribution in [2.24, 2.45) is 0 Å². The van der Waals surface area contributed by atoms with Crippen molar-refractivity contribution in [3.05, 3.63) is 21.7 Å². The highest BCUT2D eigenvalue weighted by atomic mass is 127. The van der Waals surface area contributed by atoms with Crippen molar-refractivity contribution < 1.29 is 13.9 Å². The van der Waals surface area contributed by atoms with E-state index in [0.29, 0.717) is 13.2 Å². The first kappa shape index (κ1) is 7.57. The molecule has 1 aromatic rings. The number of rotatable bonds is 1. The molecule has 1 saturated heterocycles. The van der Waals surface area contributed by atoms with E-state index in [1.54, 1.807) is 6.26 Å². The topological polar surface area (TPSA) is 31.6 Å². The maximum atomic E-state index is 5.26. The highest BCUT2D eigenvalue weighted by molar-refractivity contribution is 14.1. The Morgan fingerprint density at radius 1 is 1.36 bits per heavy atom. The molecule has 0 atom stereocenters. The van der Waals surface area contributed by atoms with Crippen molar-refractivity contribution in [1.82, 2.24) is 0 Å². The van der Waals surface area contributed by atoms with Crippen LogP contribution in [0, 0.1) is 3.57 Å². The van der Waals surface area contributed by atoms with Gasteiger partial charge < -0.3 is 13.9 Å². The highest BCUT2D eigenvalue weighted by Gasteiger charge is 2.23. The van der Waals surface area contributed by atoms with Crippen LogP contribution < -0.4 is 0 Å². The first-order valence-corrected chi connectivity index (χ1v) is 4.42. The molecule has 0 radical (unpaired) electrons. The van der Waals surface area contributed by atoms with Crippen molar-refractivity contribution in [3.8, 4) is 0 Å². The number of furan rings is 1. The molecule has 2 heterocycles. The molecule has 1 aliphatic rings. The van der Waals surface area contributed by atoms with Crippen LogP contribution in [0.2, 0.25) is 0 Å². The van der Waals surface area contributed by atoms with Crippen LogP contribution in [0.25, 0.3) is 0 Å². The number of halogens is 1. The molecule has 3 nitrogen and oxygen atoms in total. The SMILES string of the molecule is Ic1ccoc1C1OCCO1. The molecule has 0 N–H and O–H groups in total. The average Bonchev–Trinajstić information content (AvgIpc) is 2.55. The van der Waals surface area contributed by atoms with Gasteiger partial charge in [-0.1, -0.05) is 0 Å². The molecule has 0 unspecified atom stereocenters. The van der Waals surface area contributed by atoms with Crippen LogP contribution in [0.5, 0.6) is 0 Å². The summed E-state index contributed by atoms with van der Waals surface area (Å²) >= 11 is 2.19. The molecule has 1 aliphatic heterocycles. The number of hydrogen-bond donors (Lipinski definition) is 0. The van der Waals surface area contributed by atoms with Gasteiger partial charge in [-0.15, -0.1) is 0 Å². The Labute approximate surface area is 77.8 Å². The Kier molecular flexibility index (Phi) is 2.15. The van der Waals surface area contributed by atoms with Crippen LogP contribution >= 0.6 is 22.6 Å². The van der Waals surface area contributed by atoms with Gasteiger partial charge >= 0.3 is 0 Å². The van der Waals surface area contributed by atoms with Gasteiger partial charge in [-0.05, 0) is 28.7 Å². The van der Waals surface area contributed by atoms with Gasteiger partial charge in [0.15, 0.2) is 5.76 Å². The van der Waals surface area contributed by atoms with Crippen LogP contribution in [-0.2, 0) is 9.47 Å². The lowest BCUT2D eigenvalue weighted by Crippen LogP contribution is -1.97. The summed E-state index contributed by atoms with van der Waals surface area (Å²) in [6.07, 6.45) is 1.36. The smallest absolute Gasteiger partial charge is 0.218 e. The lowest BCUT2D eigenvalue weighted by atomic mass is 10.4. The van der Waals surface area contributed by atoms with E-state index in [1.165, 1.54) is 0 Å². The van der Waals surface area contributed by atoms with Gasteiger partial charge in [0.2, 0.25) is 6.29 Å². The molecule has 0 bridgehead atoms. The summed E-state index contributed by atoms with van der Waals surface area (Å²) in [5.41, 5.74) is 0. The van der Waals surface area contributed by atoms with Crippen molar-refractivity contribution in [1.29, 1.82) is 0 Å². The van der Waals surface area contributed by atoms with E-state index in [-0.39, 0.29) is 6.29 Å². The molecule has 1 aromatic heterocycles. The lowest BCUT2D eigenvalue weighted by molar-refractivity contribution is -0.0595. The third-order valence-electron chi connectivity index (χ3n) is 1.48.